The summed E-state index contributed by atoms with van der Waals surface area (Å²) in [7, 11) is 1.99. The third-order valence-electron chi connectivity index (χ3n) is 3.70. The van der Waals surface area contributed by atoms with Crippen LogP contribution in [0.15, 0.2) is 48.8 Å². The van der Waals surface area contributed by atoms with Gasteiger partial charge in [0.25, 0.3) is 0 Å². The number of nitrogens with one attached hydrogen (secondary N) is 1. The molecule has 1 heterocycles. The van der Waals surface area contributed by atoms with Crippen molar-refractivity contribution in [2.45, 2.75) is 26.4 Å². The van der Waals surface area contributed by atoms with Crippen LogP contribution in [0.1, 0.15) is 23.6 Å². The van der Waals surface area contributed by atoms with E-state index in [0.717, 1.165) is 32.6 Å². The molecule has 0 aliphatic rings. The maximum atomic E-state index is 4.07. The van der Waals surface area contributed by atoms with Gasteiger partial charge in [-0.25, -0.2) is 0 Å². The van der Waals surface area contributed by atoms with E-state index < -0.39 is 0 Å². The van der Waals surface area contributed by atoms with E-state index >= 15 is 0 Å². The van der Waals surface area contributed by atoms with Gasteiger partial charge in [-0.3, -0.25) is 9.88 Å². The lowest BCUT2D eigenvalue weighted by Gasteiger charge is -2.20. The van der Waals surface area contributed by atoms with Crippen molar-refractivity contribution >= 4 is 0 Å². The Labute approximate surface area is 128 Å². The Kier molecular flexibility index (Phi) is 6.38. The fraction of sp³-hybridized carbons (Fsp3) is 0.389. The van der Waals surface area contributed by atoms with Gasteiger partial charge in [0.2, 0.25) is 0 Å². The van der Waals surface area contributed by atoms with Crippen LogP contribution in [0.2, 0.25) is 0 Å². The van der Waals surface area contributed by atoms with Crippen LogP contribution in [0.4, 0.5) is 0 Å². The van der Waals surface area contributed by atoms with Crippen molar-refractivity contribution in [3.8, 4) is 0 Å². The molecule has 0 unspecified atom stereocenters. The molecule has 0 amide bonds. The number of likely N-dealkylation sites (N-methyl/N-ethyl adjacent to an activating group) is 1. The van der Waals surface area contributed by atoms with Gasteiger partial charge < -0.3 is 5.32 Å². The summed E-state index contributed by atoms with van der Waals surface area (Å²) in [6.07, 6.45) is 4.81. The van der Waals surface area contributed by atoms with E-state index in [1.54, 1.807) is 0 Å². The van der Waals surface area contributed by atoms with Crippen molar-refractivity contribution in [2.75, 3.05) is 20.1 Å². The lowest BCUT2D eigenvalue weighted by Crippen LogP contribution is -2.22. The number of pyridine rings is 1. The Hall–Kier alpha value is -1.71. The van der Waals surface area contributed by atoms with Crippen molar-refractivity contribution < 1.29 is 0 Å². The summed E-state index contributed by atoms with van der Waals surface area (Å²) in [5.41, 5.74) is 4.09. The van der Waals surface area contributed by atoms with Gasteiger partial charge in [0.05, 0.1) is 0 Å². The molecule has 0 bridgehead atoms. The first-order chi connectivity index (χ1) is 10.3. The van der Waals surface area contributed by atoms with Crippen molar-refractivity contribution in [3.05, 3.63) is 65.5 Å². The SMILES string of the molecule is CCN(Cc1ccncc1)Cc1ccc(CCNC)cc1. The van der Waals surface area contributed by atoms with Crippen LogP contribution < -0.4 is 5.32 Å². The van der Waals surface area contributed by atoms with E-state index in [9.17, 15) is 0 Å². The van der Waals surface area contributed by atoms with E-state index in [4.69, 9.17) is 0 Å². The molecule has 0 aliphatic carbocycles. The van der Waals surface area contributed by atoms with Crippen molar-refractivity contribution in [1.29, 1.82) is 0 Å². The van der Waals surface area contributed by atoms with Crippen LogP contribution in [0, 0.1) is 0 Å². The van der Waals surface area contributed by atoms with Gasteiger partial charge >= 0.3 is 0 Å². The molecule has 2 aromatic rings. The smallest absolute Gasteiger partial charge is 0.0271 e. The fourth-order valence-electron chi connectivity index (χ4n) is 2.36. The van der Waals surface area contributed by atoms with Crippen molar-refractivity contribution in [3.63, 3.8) is 0 Å². The van der Waals surface area contributed by atoms with E-state index in [2.05, 4.69) is 58.5 Å². The Morgan fingerprint density at radius 1 is 0.905 bits per heavy atom. The Morgan fingerprint density at radius 3 is 2.05 bits per heavy atom. The van der Waals surface area contributed by atoms with Gasteiger partial charge in [-0.1, -0.05) is 31.2 Å². The zero-order chi connectivity index (χ0) is 14.9. The second kappa shape index (κ2) is 8.55. The van der Waals surface area contributed by atoms with Gasteiger partial charge in [0.15, 0.2) is 0 Å². The van der Waals surface area contributed by atoms with E-state index in [1.165, 1.54) is 16.7 Å². The molecule has 0 radical (unpaired) electrons. The molecule has 0 saturated heterocycles. The number of hydrogen-bond donors (Lipinski definition) is 1. The first-order valence-corrected chi connectivity index (χ1v) is 7.65. The minimum atomic E-state index is 0.973. The second-order valence-corrected chi connectivity index (χ2v) is 5.33. The Balaban J connectivity index is 1.92. The highest BCUT2D eigenvalue weighted by atomic mass is 15.1. The molecule has 1 N–H and O–H groups in total. The van der Waals surface area contributed by atoms with Crippen LogP contribution in [0.3, 0.4) is 0 Å². The predicted octanol–water partition coefficient (Wildman–Crippen LogP) is 2.87. The van der Waals surface area contributed by atoms with Crippen LogP contribution in [-0.4, -0.2) is 30.0 Å². The normalized spacial score (nSPS) is 11.0. The molecule has 0 spiro atoms. The van der Waals surface area contributed by atoms with Crippen molar-refractivity contribution in [2.24, 2.45) is 0 Å². The Morgan fingerprint density at radius 2 is 1.48 bits per heavy atom. The number of benzene rings is 1. The molecule has 112 valence electrons. The van der Waals surface area contributed by atoms with Crippen LogP contribution in [-0.2, 0) is 19.5 Å². The topological polar surface area (TPSA) is 28.2 Å². The number of aromatic nitrogens is 1. The van der Waals surface area contributed by atoms with Gasteiger partial charge in [0.1, 0.15) is 0 Å². The highest BCUT2D eigenvalue weighted by Crippen LogP contribution is 2.11. The van der Waals surface area contributed by atoms with Gasteiger partial charge in [-0.15, -0.1) is 0 Å². The Bertz CT molecular complexity index is 508. The van der Waals surface area contributed by atoms with Crippen LogP contribution in [0.25, 0.3) is 0 Å². The number of nitrogens with zero attached hydrogens (tertiary/aromatic N) is 2. The largest absolute Gasteiger partial charge is 0.319 e. The first kappa shape index (κ1) is 15.7. The summed E-state index contributed by atoms with van der Waals surface area (Å²) in [6, 6.07) is 13.2. The first-order valence-electron chi connectivity index (χ1n) is 7.65. The number of rotatable bonds is 8. The van der Waals surface area contributed by atoms with Crippen LogP contribution in [0.5, 0.6) is 0 Å². The van der Waals surface area contributed by atoms with E-state index in [0.29, 0.717) is 0 Å². The molecule has 21 heavy (non-hydrogen) atoms. The molecule has 3 heteroatoms. The number of hydrogen-bond acceptors (Lipinski definition) is 3. The van der Waals surface area contributed by atoms with Gasteiger partial charge in [-0.2, -0.15) is 0 Å². The lowest BCUT2D eigenvalue weighted by molar-refractivity contribution is 0.271. The zero-order valence-electron chi connectivity index (χ0n) is 13.0. The molecular formula is C18H25N3. The summed E-state index contributed by atoms with van der Waals surface area (Å²) < 4.78 is 0. The average molecular weight is 283 g/mol. The molecule has 0 fully saturated rings. The predicted molar refractivity (Wildman–Crippen MR) is 88.1 cm³/mol. The van der Waals surface area contributed by atoms with E-state index in [1.807, 2.05) is 19.4 Å². The quantitative estimate of drug-likeness (QED) is 0.807. The minimum Gasteiger partial charge on any atom is -0.319 e. The molecule has 2 rings (SSSR count). The minimum absolute atomic E-state index is 0.973. The molecule has 0 saturated carbocycles. The van der Waals surface area contributed by atoms with Crippen molar-refractivity contribution in [1.82, 2.24) is 15.2 Å². The van der Waals surface area contributed by atoms with Gasteiger partial charge in [0, 0.05) is 25.5 Å². The maximum Gasteiger partial charge on any atom is 0.0271 e. The highest BCUT2D eigenvalue weighted by molar-refractivity contribution is 5.23. The monoisotopic (exact) mass is 283 g/mol. The lowest BCUT2D eigenvalue weighted by atomic mass is 10.1. The molecule has 0 aliphatic heterocycles. The van der Waals surface area contributed by atoms with Gasteiger partial charge in [-0.05, 0) is 55.4 Å². The maximum absolute atomic E-state index is 4.07. The fourth-order valence-corrected chi connectivity index (χ4v) is 2.36. The standard InChI is InChI=1S/C18H25N3/c1-3-21(15-18-9-12-20-13-10-18)14-17-6-4-16(5-7-17)8-11-19-2/h4-7,9-10,12-13,19H,3,8,11,14-15H2,1-2H3. The molecular weight excluding hydrogens is 258 g/mol. The van der Waals surface area contributed by atoms with E-state index in [-0.39, 0.29) is 0 Å². The molecule has 1 aromatic heterocycles. The third-order valence-corrected chi connectivity index (χ3v) is 3.70. The summed E-state index contributed by atoms with van der Waals surface area (Å²) >= 11 is 0. The third kappa shape index (κ3) is 5.29. The molecule has 1 aromatic carbocycles. The van der Waals surface area contributed by atoms with Crippen LogP contribution >= 0.6 is 0 Å². The summed E-state index contributed by atoms with van der Waals surface area (Å²) in [4.78, 5) is 6.52. The molecule has 0 atom stereocenters. The highest BCUT2D eigenvalue weighted by Gasteiger charge is 2.05. The summed E-state index contributed by atoms with van der Waals surface area (Å²) in [6.45, 7) is 6.25. The second-order valence-electron chi connectivity index (χ2n) is 5.33. The molecule has 3 nitrogen and oxygen atoms in total. The zero-order valence-corrected chi connectivity index (χ0v) is 13.0. The summed E-state index contributed by atoms with van der Waals surface area (Å²) in [5, 5.41) is 3.19. The summed E-state index contributed by atoms with van der Waals surface area (Å²) in [5.74, 6) is 0. The average Bonchev–Trinajstić information content (AvgIpc) is 2.54.